The lowest BCUT2D eigenvalue weighted by molar-refractivity contribution is -0.148. The molecule has 0 spiro atoms. The molecule has 1 fully saturated rings. The zero-order valence-corrected chi connectivity index (χ0v) is 14.8. The van der Waals surface area contributed by atoms with E-state index in [0.717, 1.165) is 5.56 Å². The largest absolute Gasteiger partial charge is 0.465 e. The topological polar surface area (TPSA) is 67.4 Å². The van der Waals surface area contributed by atoms with Crippen molar-refractivity contribution < 1.29 is 14.3 Å². The van der Waals surface area contributed by atoms with Crippen molar-refractivity contribution in [2.45, 2.75) is 28.7 Å². The first-order chi connectivity index (χ1) is 9.83. The Hall–Kier alpha value is -1.08. The number of carbonyl (C=O) groups is 2. The van der Waals surface area contributed by atoms with Crippen LogP contribution in [0.4, 0.5) is 4.79 Å². The second-order valence-electron chi connectivity index (χ2n) is 4.88. The molecule has 1 aliphatic heterocycles. The third-order valence-corrected chi connectivity index (χ3v) is 6.34. The minimum Gasteiger partial charge on any atom is -0.465 e. The van der Waals surface area contributed by atoms with Gasteiger partial charge < -0.3 is 15.4 Å². The van der Waals surface area contributed by atoms with Gasteiger partial charge in [-0.1, -0.05) is 62.2 Å². The average molecular weight is 420 g/mol. The monoisotopic (exact) mass is 418 g/mol. The zero-order chi connectivity index (χ0) is 15.7. The second kappa shape index (κ2) is 5.96. The fourth-order valence-corrected chi connectivity index (χ4v) is 3.51. The first-order valence-corrected chi connectivity index (χ1v) is 8.10. The molecule has 1 heterocycles. The molecular weight excluding hydrogens is 404 g/mol. The van der Waals surface area contributed by atoms with Crippen molar-refractivity contribution in [3.63, 3.8) is 0 Å². The number of rotatable bonds is 3. The summed E-state index contributed by atoms with van der Waals surface area (Å²) in [5.41, 5.74) is 0.808. The number of urea groups is 1. The van der Waals surface area contributed by atoms with Gasteiger partial charge in [0.05, 0.1) is 12.6 Å². The van der Waals surface area contributed by atoms with Crippen LogP contribution < -0.4 is 10.6 Å². The van der Waals surface area contributed by atoms with E-state index < -0.39 is 20.8 Å². The summed E-state index contributed by atoms with van der Waals surface area (Å²) in [6, 6.07) is 8.36. The van der Waals surface area contributed by atoms with Gasteiger partial charge in [-0.2, -0.15) is 0 Å². The molecule has 1 aromatic rings. The van der Waals surface area contributed by atoms with Crippen molar-refractivity contribution in [3.05, 3.63) is 35.9 Å². The first kappa shape index (κ1) is 16.3. The lowest BCUT2D eigenvalue weighted by atomic mass is 9.85. The summed E-state index contributed by atoms with van der Waals surface area (Å²) in [5.74, 6) is -0.453. The molecule has 2 rings (SSSR count). The highest BCUT2D eigenvalue weighted by atomic mass is 79.9. The fraction of sp³-hybridized carbons (Fsp3) is 0.429. The van der Waals surface area contributed by atoms with E-state index in [-0.39, 0.29) is 12.6 Å². The Kier molecular flexibility index (Phi) is 4.63. The normalized spacial score (nSPS) is 32.0. The number of hydrogen-bond acceptors (Lipinski definition) is 3. The molecule has 0 aromatic heterocycles. The molecule has 0 unspecified atom stereocenters. The van der Waals surface area contributed by atoms with Crippen LogP contribution >= 0.6 is 31.9 Å². The molecular formula is C14H16Br2N2O3. The first-order valence-electron chi connectivity index (χ1n) is 6.51. The molecule has 0 radical (unpaired) electrons. The Balaban J connectivity index is 2.52. The number of nitrogens with one attached hydrogen (secondary N) is 2. The lowest BCUT2D eigenvalue weighted by Gasteiger charge is -2.48. The predicted molar refractivity (Wildman–Crippen MR) is 86.5 cm³/mol. The standard InChI is InChI=1S/C14H16Br2N2O3/c1-3-21-11(19)14(16)10(9-7-5-4-6-8-9)17-12(20)18-13(14,2)15/h4-8,10H,3H2,1-2H3,(H2,17,18,20)/t10-,13-,14+/m1/s1. The SMILES string of the molecule is CCOC(=O)[C@@]1(Br)[C@@H](c2ccccc2)NC(=O)N[C@@]1(C)Br. The molecule has 1 aromatic carbocycles. The van der Waals surface area contributed by atoms with Gasteiger partial charge in [-0.25, -0.2) is 4.79 Å². The summed E-state index contributed by atoms with van der Waals surface area (Å²) < 4.78 is 3.01. The minimum atomic E-state index is -1.19. The van der Waals surface area contributed by atoms with E-state index in [1.165, 1.54) is 0 Å². The third-order valence-electron chi connectivity index (χ3n) is 3.41. The van der Waals surface area contributed by atoms with E-state index in [2.05, 4.69) is 42.5 Å². The predicted octanol–water partition coefficient (Wildman–Crippen LogP) is 2.85. The molecule has 5 nitrogen and oxygen atoms in total. The minimum absolute atomic E-state index is 0.255. The van der Waals surface area contributed by atoms with E-state index in [1.807, 2.05) is 30.3 Å². The van der Waals surface area contributed by atoms with E-state index in [0.29, 0.717) is 0 Å². The van der Waals surface area contributed by atoms with Crippen molar-refractivity contribution in [1.82, 2.24) is 10.6 Å². The van der Waals surface area contributed by atoms with Crippen LogP contribution in [-0.2, 0) is 9.53 Å². The van der Waals surface area contributed by atoms with Crippen LogP contribution in [0, 0.1) is 0 Å². The number of amides is 2. The summed E-state index contributed by atoms with van der Waals surface area (Å²) in [6.07, 6.45) is 0. The molecule has 3 atom stereocenters. The molecule has 2 amide bonds. The highest BCUT2D eigenvalue weighted by molar-refractivity contribution is 9.13. The van der Waals surface area contributed by atoms with E-state index >= 15 is 0 Å². The van der Waals surface area contributed by atoms with Crippen LogP contribution in [0.5, 0.6) is 0 Å². The van der Waals surface area contributed by atoms with Gasteiger partial charge in [0.15, 0.2) is 4.32 Å². The number of carbonyl (C=O) groups excluding carboxylic acids is 2. The molecule has 114 valence electrons. The number of alkyl halides is 2. The summed E-state index contributed by atoms with van der Waals surface area (Å²) in [7, 11) is 0. The molecule has 21 heavy (non-hydrogen) atoms. The van der Waals surface area contributed by atoms with Crippen LogP contribution in [0.1, 0.15) is 25.5 Å². The van der Waals surface area contributed by atoms with Gasteiger partial charge in [0, 0.05) is 0 Å². The van der Waals surface area contributed by atoms with Crippen LogP contribution in [0.15, 0.2) is 30.3 Å². The lowest BCUT2D eigenvalue weighted by Crippen LogP contribution is -2.71. The molecule has 7 heteroatoms. The Morgan fingerprint density at radius 2 is 1.95 bits per heavy atom. The van der Waals surface area contributed by atoms with E-state index in [4.69, 9.17) is 4.74 Å². The molecule has 0 saturated carbocycles. The number of benzene rings is 1. The number of hydrogen-bond donors (Lipinski definition) is 2. The molecule has 2 N–H and O–H groups in total. The van der Waals surface area contributed by atoms with Gasteiger partial charge in [0.1, 0.15) is 4.45 Å². The Morgan fingerprint density at radius 3 is 2.52 bits per heavy atom. The summed E-state index contributed by atoms with van der Waals surface area (Å²) >= 11 is 6.96. The van der Waals surface area contributed by atoms with Crippen molar-refractivity contribution in [2.75, 3.05) is 6.61 Å². The summed E-state index contributed by atoms with van der Waals surface area (Å²) in [4.78, 5) is 24.4. The fourth-order valence-electron chi connectivity index (χ4n) is 2.35. The summed E-state index contributed by atoms with van der Waals surface area (Å²) in [5, 5.41) is 5.49. The Bertz CT molecular complexity index is 550. The van der Waals surface area contributed by atoms with Gasteiger partial charge in [-0.05, 0) is 19.4 Å². The van der Waals surface area contributed by atoms with Gasteiger partial charge >= 0.3 is 12.0 Å². The highest BCUT2D eigenvalue weighted by Gasteiger charge is 2.61. The zero-order valence-electron chi connectivity index (χ0n) is 11.7. The van der Waals surface area contributed by atoms with E-state index in [9.17, 15) is 9.59 Å². The van der Waals surface area contributed by atoms with Gasteiger partial charge in [-0.15, -0.1) is 0 Å². The van der Waals surface area contributed by atoms with Crippen LogP contribution in [-0.4, -0.2) is 27.4 Å². The molecule has 1 aliphatic rings. The Labute approximate surface area is 140 Å². The Morgan fingerprint density at radius 1 is 1.33 bits per heavy atom. The number of halogens is 2. The van der Waals surface area contributed by atoms with Gasteiger partial charge in [0.2, 0.25) is 0 Å². The maximum atomic E-state index is 12.5. The number of ether oxygens (including phenoxy) is 1. The third kappa shape index (κ3) is 2.81. The van der Waals surface area contributed by atoms with E-state index in [1.54, 1.807) is 13.8 Å². The van der Waals surface area contributed by atoms with Crippen molar-refractivity contribution in [2.24, 2.45) is 0 Å². The summed E-state index contributed by atoms with van der Waals surface area (Å²) in [6.45, 7) is 3.71. The van der Waals surface area contributed by atoms with Crippen LogP contribution in [0.25, 0.3) is 0 Å². The van der Waals surface area contributed by atoms with Crippen molar-refractivity contribution in [1.29, 1.82) is 0 Å². The smallest absolute Gasteiger partial charge is 0.328 e. The second-order valence-corrected chi connectivity index (χ2v) is 7.71. The van der Waals surface area contributed by atoms with Crippen molar-refractivity contribution in [3.8, 4) is 0 Å². The quantitative estimate of drug-likeness (QED) is 0.449. The highest BCUT2D eigenvalue weighted by Crippen LogP contribution is 2.48. The van der Waals surface area contributed by atoms with Crippen LogP contribution in [0.3, 0.4) is 0 Å². The van der Waals surface area contributed by atoms with Crippen LogP contribution in [0.2, 0.25) is 0 Å². The van der Waals surface area contributed by atoms with Gasteiger partial charge in [0.25, 0.3) is 0 Å². The maximum Gasteiger partial charge on any atom is 0.328 e. The molecule has 1 saturated heterocycles. The molecule has 0 aliphatic carbocycles. The number of esters is 1. The maximum absolute atomic E-state index is 12.5. The van der Waals surface area contributed by atoms with Crippen molar-refractivity contribution >= 4 is 43.9 Å². The molecule has 0 bridgehead atoms. The average Bonchev–Trinajstić information content (AvgIpc) is 2.43. The van der Waals surface area contributed by atoms with Gasteiger partial charge in [-0.3, -0.25) is 4.79 Å².